The first kappa shape index (κ1) is 20.3. The van der Waals surface area contributed by atoms with Crippen molar-refractivity contribution < 1.29 is 40.6 Å². The van der Waals surface area contributed by atoms with E-state index in [9.17, 15) is 31.1 Å². The lowest BCUT2D eigenvalue weighted by atomic mass is 10.0. The van der Waals surface area contributed by atoms with Crippen molar-refractivity contribution in [3.8, 4) is 0 Å². The van der Waals surface area contributed by atoms with E-state index in [-0.39, 0.29) is 11.6 Å². The minimum atomic E-state index is -4.92. The molecule has 1 aromatic carbocycles. The largest absolute Gasteiger partial charge is 0.466 e. The summed E-state index contributed by atoms with van der Waals surface area (Å²) in [5.74, 6) is -0.540. The summed E-state index contributed by atoms with van der Waals surface area (Å²) in [6.45, 7) is 1.36. The van der Waals surface area contributed by atoms with E-state index in [1.165, 1.54) is 20.1 Å². The molecule has 0 aromatic heterocycles. The quantitative estimate of drug-likeness (QED) is 0.539. The van der Waals surface area contributed by atoms with Crippen molar-refractivity contribution in [3.05, 3.63) is 46.5 Å². The fourth-order valence-electron chi connectivity index (χ4n) is 2.65. The molecule has 0 N–H and O–H groups in total. The first-order chi connectivity index (χ1) is 11.9. The van der Waals surface area contributed by atoms with E-state index in [0.29, 0.717) is 30.5 Å². The SMILES string of the molecule is COC(=O)C1=C[C@@H](OC(C)c2cc(C(F)(F)F)cc(C(F)(F)F)c2)CC1. The van der Waals surface area contributed by atoms with Crippen LogP contribution in [0.5, 0.6) is 0 Å². The summed E-state index contributed by atoms with van der Waals surface area (Å²) in [6.07, 6.45) is -9.23. The van der Waals surface area contributed by atoms with Crippen molar-refractivity contribution in [2.45, 2.75) is 44.3 Å². The molecule has 2 rings (SSSR count). The van der Waals surface area contributed by atoms with Crippen molar-refractivity contribution >= 4 is 5.97 Å². The van der Waals surface area contributed by atoms with Crippen LogP contribution in [0.3, 0.4) is 0 Å². The Morgan fingerprint density at radius 2 is 1.62 bits per heavy atom. The predicted molar refractivity (Wildman–Crippen MR) is 79.1 cm³/mol. The molecule has 144 valence electrons. The van der Waals surface area contributed by atoms with E-state index in [1.54, 1.807) is 0 Å². The highest BCUT2D eigenvalue weighted by Crippen LogP contribution is 2.38. The second-order valence-corrected chi connectivity index (χ2v) is 5.88. The topological polar surface area (TPSA) is 35.5 Å². The Balaban J connectivity index is 2.27. The Bertz CT molecular complexity index is 673. The Labute approximate surface area is 145 Å². The molecular weight excluding hydrogens is 366 g/mol. The zero-order valence-electron chi connectivity index (χ0n) is 13.9. The fourth-order valence-corrected chi connectivity index (χ4v) is 2.65. The smallest absolute Gasteiger partial charge is 0.416 e. The molecule has 3 nitrogen and oxygen atoms in total. The number of carbonyl (C=O) groups excluding carboxylic acids is 1. The lowest BCUT2D eigenvalue weighted by Crippen LogP contribution is -2.15. The Morgan fingerprint density at radius 3 is 2.08 bits per heavy atom. The number of hydrogen-bond acceptors (Lipinski definition) is 3. The summed E-state index contributed by atoms with van der Waals surface area (Å²) < 4.78 is 87.6. The molecule has 2 atom stereocenters. The lowest BCUT2D eigenvalue weighted by molar-refractivity contribution is -0.143. The maximum Gasteiger partial charge on any atom is 0.416 e. The molecule has 0 radical (unpaired) electrons. The third-order valence-electron chi connectivity index (χ3n) is 3.99. The van der Waals surface area contributed by atoms with Gasteiger partial charge < -0.3 is 9.47 Å². The van der Waals surface area contributed by atoms with Crippen molar-refractivity contribution in [2.24, 2.45) is 0 Å². The van der Waals surface area contributed by atoms with Crippen LogP contribution in [0.1, 0.15) is 42.6 Å². The first-order valence-electron chi connectivity index (χ1n) is 7.65. The van der Waals surface area contributed by atoms with E-state index in [4.69, 9.17) is 4.74 Å². The molecule has 0 heterocycles. The Kier molecular flexibility index (Phi) is 5.70. The summed E-state index contributed by atoms with van der Waals surface area (Å²) in [5, 5.41) is 0. The zero-order chi connectivity index (χ0) is 19.7. The molecule has 0 saturated carbocycles. The third-order valence-corrected chi connectivity index (χ3v) is 3.99. The van der Waals surface area contributed by atoms with Gasteiger partial charge in [0.1, 0.15) is 0 Å². The van der Waals surface area contributed by atoms with E-state index in [1.807, 2.05) is 0 Å². The van der Waals surface area contributed by atoms with Crippen molar-refractivity contribution in [1.82, 2.24) is 0 Å². The van der Waals surface area contributed by atoms with Gasteiger partial charge in [-0.15, -0.1) is 0 Å². The number of ether oxygens (including phenoxy) is 2. The van der Waals surface area contributed by atoms with Crippen LogP contribution < -0.4 is 0 Å². The Morgan fingerprint density at radius 1 is 1.08 bits per heavy atom. The van der Waals surface area contributed by atoms with Gasteiger partial charge in [-0.1, -0.05) is 0 Å². The molecule has 1 aliphatic rings. The number of rotatable bonds is 4. The monoisotopic (exact) mass is 382 g/mol. The second-order valence-electron chi connectivity index (χ2n) is 5.88. The number of methoxy groups -OCH3 is 1. The number of esters is 1. The van der Waals surface area contributed by atoms with E-state index in [0.717, 1.165) is 0 Å². The second kappa shape index (κ2) is 7.30. The molecule has 1 unspecified atom stereocenters. The molecule has 9 heteroatoms. The maximum atomic E-state index is 12.9. The molecule has 0 aliphatic heterocycles. The van der Waals surface area contributed by atoms with Gasteiger partial charge in [-0.25, -0.2) is 4.79 Å². The van der Waals surface area contributed by atoms with Gasteiger partial charge in [-0.05, 0) is 49.6 Å². The van der Waals surface area contributed by atoms with Crippen LogP contribution in [0.2, 0.25) is 0 Å². The summed E-state index contributed by atoms with van der Waals surface area (Å²) >= 11 is 0. The number of benzene rings is 1. The number of alkyl halides is 6. The Hall–Kier alpha value is -2.03. The molecule has 1 aromatic rings. The van der Waals surface area contributed by atoms with Gasteiger partial charge in [0, 0.05) is 5.57 Å². The highest BCUT2D eigenvalue weighted by molar-refractivity contribution is 5.88. The molecule has 0 fully saturated rings. The summed E-state index contributed by atoms with van der Waals surface area (Å²) in [6, 6.07) is 1.35. The van der Waals surface area contributed by atoms with Crippen LogP contribution in [0.25, 0.3) is 0 Å². The van der Waals surface area contributed by atoms with Crippen molar-refractivity contribution in [1.29, 1.82) is 0 Å². The van der Waals surface area contributed by atoms with Gasteiger partial charge >= 0.3 is 18.3 Å². The molecule has 26 heavy (non-hydrogen) atoms. The van der Waals surface area contributed by atoms with Crippen LogP contribution in [0.15, 0.2) is 29.8 Å². The van der Waals surface area contributed by atoms with Crippen LogP contribution in [0.4, 0.5) is 26.3 Å². The summed E-state index contributed by atoms with van der Waals surface area (Å²) in [5.41, 5.74) is -2.67. The highest BCUT2D eigenvalue weighted by atomic mass is 19.4. The maximum absolute atomic E-state index is 12.9. The summed E-state index contributed by atoms with van der Waals surface area (Å²) in [4.78, 5) is 11.4. The minimum Gasteiger partial charge on any atom is -0.466 e. The number of carbonyl (C=O) groups is 1. The van der Waals surface area contributed by atoms with E-state index >= 15 is 0 Å². The van der Waals surface area contributed by atoms with Gasteiger partial charge in [0.2, 0.25) is 0 Å². The minimum absolute atomic E-state index is 0.0705. The van der Waals surface area contributed by atoms with Crippen molar-refractivity contribution in [3.63, 3.8) is 0 Å². The lowest BCUT2D eigenvalue weighted by Gasteiger charge is -2.20. The van der Waals surface area contributed by atoms with Crippen LogP contribution >= 0.6 is 0 Å². The molecule has 0 saturated heterocycles. The number of halogens is 6. The number of hydrogen-bond donors (Lipinski definition) is 0. The molecular formula is C17H16F6O3. The van der Waals surface area contributed by atoms with Crippen molar-refractivity contribution in [2.75, 3.05) is 7.11 Å². The van der Waals surface area contributed by atoms with Gasteiger partial charge in [0.05, 0.1) is 30.4 Å². The average Bonchev–Trinajstić information content (AvgIpc) is 3.00. The highest BCUT2D eigenvalue weighted by Gasteiger charge is 2.37. The summed E-state index contributed by atoms with van der Waals surface area (Å²) in [7, 11) is 1.21. The van der Waals surface area contributed by atoms with Gasteiger partial charge in [-0.3, -0.25) is 0 Å². The molecule has 1 aliphatic carbocycles. The molecule has 0 amide bonds. The fraction of sp³-hybridized carbons (Fsp3) is 0.471. The van der Waals surface area contributed by atoms with Gasteiger partial charge in [-0.2, -0.15) is 26.3 Å². The van der Waals surface area contributed by atoms with Crippen LogP contribution in [-0.2, 0) is 26.6 Å². The average molecular weight is 382 g/mol. The first-order valence-corrected chi connectivity index (χ1v) is 7.65. The van der Waals surface area contributed by atoms with E-state index < -0.39 is 41.7 Å². The zero-order valence-corrected chi connectivity index (χ0v) is 13.9. The van der Waals surface area contributed by atoms with E-state index in [2.05, 4.69) is 4.74 Å². The molecule has 0 spiro atoms. The van der Waals surface area contributed by atoms with Crippen LogP contribution in [-0.4, -0.2) is 19.2 Å². The van der Waals surface area contributed by atoms with Crippen LogP contribution in [0, 0.1) is 0 Å². The third kappa shape index (κ3) is 4.78. The van der Waals surface area contributed by atoms with Gasteiger partial charge in [0.15, 0.2) is 0 Å². The predicted octanol–water partition coefficient (Wildman–Crippen LogP) is 5.06. The normalized spacial score (nSPS) is 19.2. The molecule has 0 bridgehead atoms. The van der Waals surface area contributed by atoms with Gasteiger partial charge in [0.25, 0.3) is 0 Å². The standard InChI is InChI=1S/C17H16F6O3/c1-9(26-14-4-3-10(7-14)15(24)25-2)11-5-12(16(18,19)20)8-13(6-11)17(21,22)23/h5-9,14H,3-4H2,1-2H3/t9?,14-/m0/s1.